The summed E-state index contributed by atoms with van der Waals surface area (Å²) in [5.41, 5.74) is 8.54. The van der Waals surface area contributed by atoms with Crippen molar-refractivity contribution in [1.82, 2.24) is 0 Å². The van der Waals surface area contributed by atoms with Crippen LogP contribution in [-0.2, 0) is 9.84 Å². The Morgan fingerprint density at radius 3 is 0.776 bits per heavy atom. The van der Waals surface area contributed by atoms with Gasteiger partial charge < -0.3 is 30.4 Å². The van der Waals surface area contributed by atoms with Gasteiger partial charge in [0.1, 0.15) is 23.0 Å². The SMILES string of the molecule is Nc1cc(Oc2ccc(S(=O)(=O)c3ccc(Oc4ccc(OC(F)=C(F)C(F)(F)C(F)(F)C(F)(F)C(F)(F)C(F)(F)C(F)(F)C(F)(F)F)c(N)c4)cc3)cc2)ccc1OC(F)=C(F)C(F)(F)C(F)(F)C(F)(F)C(F)(F)C(F)(F)C(F)(F)C(F)(F)F. The van der Waals surface area contributed by atoms with Crippen LogP contribution in [0.25, 0.3) is 0 Å². The fourth-order valence-electron chi connectivity index (χ4n) is 5.89. The van der Waals surface area contributed by atoms with E-state index in [1.165, 1.54) is 0 Å². The van der Waals surface area contributed by atoms with Crippen LogP contribution in [0.2, 0.25) is 0 Å². The Hall–Kier alpha value is -7.27. The van der Waals surface area contributed by atoms with E-state index in [4.69, 9.17) is 20.9 Å². The van der Waals surface area contributed by atoms with Crippen LogP contribution in [0.5, 0.6) is 34.5 Å². The highest BCUT2D eigenvalue weighted by atomic mass is 32.2. The Bertz CT molecular complexity index is 3090. The molecule has 4 aromatic rings. The smallest absolute Gasteiger partial charge is 0.457 e. The molecule has 8 nitrogen and oxygen atoms in total. The minimum absolute atomic E-state index is 0.259. The van der Waals surface area contributed by atoms with Gasteiger partial charge in [0.15, 0.2) is 11.5 Å². The molecule has 0 atom stereocenters. The predicted octanol–water partition coefficient (Wildman–Crippen LogP) is 17.0. The first-order chi connectivity index (χ1) is 37.8. The maximum Gasteiger partial charge on any atom is 0.460 e. The first kappa shape index (κ1) is 70.2. The van der Waals surface area contributed by atoms with Crippen molar-refractivity contribution in [3.05, 3.63) is 109 Å². The van der Waals surface area contributed by atoms with Crippen LogP contribution in [0.3, 0.4) is 0 Å². The topological polar surface area (TPSA) is 123 Å². The molecule has 0 aliphatic rings. The van der Waals surface area contributed by atoms with Crippen LogP contribution >= 0.6 is 0 Å². The number of hydrogen-bond donors (Lipinski definition) is 2. The molecule has 0 amide bonds. The van der Waals surface area contributed by atoms with E-state index >= 15 is 0 Å². The molecule has 0 aliphatic heterocycles. The fourth-order valence-corrected chi connectivity index (χ4v) is 7.15. The molecule has 0 aromatic heterocycles. The molecule has 0 saturated carbocycles. The molecule has 0 bridgehead atoms. The van der Waals surface area contributed by atoms with E-state index in [-0.39, 0.29) is 23.6 Å². The molecule has 0 aliphatic carbocycles. The van der Waals surface area contributed by atoms with Gasteiger partial charge in [-0.15, -0.1) is 0 Å². The van der Waals surface area contributed by atoms with Gasteiger partial charge in [-0.25, -0.2) is 8.42 Å². The molecule has 0 radical (unpaired) electrons. The number of benzene rings is 4. The van der Waals surface area contributed by atoms with Crippen LogP contribution in [0.15, 0.2) is 118 Å². The van der Waals surface area contributed by atoms with Gasteiger partial charge in [0.2, 0.25) is 21.5 Å². The van der Waals surface area contributed by atoms with Crippen LogP contribution in [0.4, 0.5) is 161 Å². The van der Waals surface area contributed by atoms with Crippen molar-refractivity contribution in [2.45, 2.75) is 93.2 Å². The molecule has 43 heteroatoms. The largest absolute Gasteiger partial charge is 0.460 e. The summed E-state index contributed by atoms with van der Waals surface area (Å²) < 4.78 is 506. The number of ether oxygens (including phenoxy) is 4. The van der Waals surface area contributed by atoms with Gasteiger partial charge in [0, 0.05) is 12.1 Å². The lowest BCUT2D eigenvalue weighted by Gasteiger charge is -2.41. The third-order valence-electron chi connectivity index (χ3n) is 10.7. The van der Waals surface area contributed by atoms with Crippen molar-refractivity contribution in [2.75, 3.05) is 11.5 Å². The van der Waals surface area contributed by atoms with E-state index in [1.807, 2.05) is 0 Å². The first-order valence-electron chi connectivity index (χ1n) is 20.5. The highest BCUT2D eigenvalue weighted by Gasteiger charge is 2.95. The maximum absolute atomic E-state index is 14.3. The van der Waals surface area contributed by atoms with Crippen molar-refractivity contribution in [3.63, 3.8) is 0 Å². The number of nitrogens with two attached hydrogens (primary N) is 2. The summed E-state index contributed by atoms with van der Waals surface area (Å²) >= 11 is 0. The van der Waals surface area contributed by atoms with E-state index < -0.39 is 161 Å². The Morgan fingerprint density at radius 2 is 0.541 bits per heavy atom. The minimum Gasteiger partial charge on any atom is -0.457 e. The Morgan fingerprint density at radius 1 is 0.318 bits per heavy atom. The van der Waals surface area contributed by atoms with Crippen molar-refractivity contribution in [3.8, 4) is 34.5 Å². The van der Waals surface area contributed by atoms with E-state index in [2.05, 4.69) is 9.47 Å². The quantitative estimate of drug-likeness (QED) is 0.0453. The van der Waals surface area contributed by atoms with Crippen molar-refractivity contribution in [1.29, 1.82) is 0 Å². The van der Waals surface area contributed by atoms with E-state index in [9.17, 15) is 158 Å². The highest BCUT2D eigenvalue weighted by Crippen LogP contribution is 2.65. The lowest BCUT2D eigenvalue weighted by molar-refractivity contribution is -0.451. The van der Waals surface area contributed by atoms with E-state index in [1.54, 1.807) is 0 Å². The van der Waals surface area contributed by atoms with Crippen molar-refractivity contribution >= 4 is 21.2 Å². The molecule has 4 rings (SSSR count). The summed E-state index contributed by atoms with van der Waals surface area (Å²) in [4.78, 5) is -1.17. The molecule has 0 spiro atoms. The lowest BCUT2D eigenvalue weighted by Crippen LogP contribution is -2.72. The normalized spacial score (nSPS) is 15.3. The number of hydrogen-bond acceptors (Lipinski definition) is 8. The molecular weight excluding hydrogens is 1310 g/mol. The second-order valence-corrected chi connectivity index (χ2v) is 18.3. The highest BCUT2D eigenvalue weighted by molar-refractivity contribution is 7.91. The average molecular weight is 1320 g/mol. The summed E-state index contributed by atoms with van der Waals surface area (Å²) in [5, 5.41) is 0. The van der Waals surface area contributed by atoms with Gasteiger partial charge in [-0.3, -0.25) is 0 Å². The Labute approximate surface area is 445 Å². The van der Waals surface area contributed by atoms with Gasteiger partial charge in [-0.2, -0.15) is 149 Å². The summed E-state index contributed by atoms with van der Waals surface area (Å²) in [7, 11) is -4.58. The van der Waals surface area contributed by atoms with Crippen molar-refractivity contribution in [2.24, 2.45) is 0 Å². The van der Waals surface area contributed by atoms with E-state index in [0.29, 0.717) is 24.3 Å². The maximum atomic E-state index is 14.3. The molecule has 4 N–H and O–H groups in total. The molecule has 0 saturated heterocycles. The van der Waals surface area contributed by atoms with Gasteiger partial charge in [-0.05, 0) is 72.8 Å². The Balaban J connectivity index is 1.47. The zero-order valence-electron chi connectivity index (χ0n) is 38.9. The third kappa shape index (κ3) is 11.3. The van der Waals surface area contributed by atoms with Crippen LogP contribution < -0.4 is 30.4 Å². The standard InChI is InChI=1S/C42H18F34N2O6S/c43-25(29(47,48)31(51,52)33(55,56)35(59,60)37(63,64)39(67,68)41(71,72)73)27(45)83-23-11-5-17(13-21(23)77)81-15-1-7-19(8-2-15)85(79,80)20-9-3-16(4-10-20)82-18-6-12-24(22(78)14-18)84-28(46)26(44)30(49,50)32(53,54)34(57,58)36(61,62)38(65,66)40(69,70)42(74,75)76/h1-14H,77-78H2. The minimum atomic E-state index is -8.83. The number of halogens is 34. The number of allylic oxidation sites excluding steroid dienone is 2. The molecule has 85 heavy (non-hydrogen) atoms. The van der Waals surface area contributed by atoms with Crippen LogP contribution in [-0.4, -0.2) is 91.8 Å². The summed E-state index contributed by atoms with van der Waals surface area (Å²) in [5.74, 6) is -116. The van der Waals surface area contributed by atoms with Crippen LogP contribution in [0.1, 0.15) is 0 Å². The zero-order chi connectivity index (χ0) is 66.3. The number of rotatable bonds is 22. The molecule has 0 fully saturated rings. The number of alkyl halides is 30. The molecule has 4 aromatic carbocycles. The molecule has 0 unspecified atom stereocenters. The summed E-state index contributed by atoms with van der Waals surface area (Å²) in [6, 6.07) is 1.57. The van der Waals surface area contributed by atoms with Gasteiger partial charge in [0.25, 0.3) is 0 Å². The molecular formula is C42H18F34N2O6S. The van der Waals surface area contributed by atoms with Gasteiger partial charge >= 0.3 is 95.4 Å². The first-order valence-corrected chi connectivity index (χ1v) is 22.0. The van der Waals surface area contributed by atoms with Crippen LogP contribution in [0, 0.1) is 0 Å². The Kier molecular flexibility index (Phi) is 17.8. The number of sulfone groups is 1. The summed E-state index contributed by atoms with van der Waals surface area (Å²) in [6.45, 7) is 0. The number of nitrogen functional groups attached to an aromatic ring is 2. The monoisotopic (exact) mass is 1320 g/mol. The van der Waals surface area contributed by atoms with Gasteiger partial charge in [-0.1, -0.05) is 0 Å². The molecule has 0 heterocycles. The van der Waals surface area contributed by atoms with Gasteiger partial charge in [0.05, 0.1) is 21.2 Å². The van der Waals surface area contributed by atoms with Crippen molar-refractivity contribution < 1.29 is 177 Å². The third-order valence-corrected chi connectivity index (χ3v) is 12.4. The fraction of sp³-hybridized carbons (Fsp3) is 0.333. The van der Waals surface area contributed by atoms with E-state index in [0.717, 1.165) is 48.5 Å². The second kappa shape index (κ2) is 21.6. The summed E-state index contributed by atoms with van der Waals surface area (Å²) in [6.07, 6.45) is -15.9. The zero-order valence-corrected chi connectivity index (χ0v) is 39.8. The molecule has 476 valence electrons. The lowest BCUT2D eigenvalue weighted by atomic mass is 9.91. The average Bonchev–Trinajstić information content (AvgIpc) is 0.745. The number of anilines is 2. The second-order valence-electron chi connectivity index (χ2n) is 16.3. The predicted molar refractivity (Wildman–Crippen MR) is 211 cm³/mol.